The Hall–Kier alpha value is -4.28. The number of hydrogen-bond acceptors (Lipinski definition) is 15. The molecule has 3 fully saturated rings. The Kier molecular flexibility index (Phi) is 10.6. The van der Waals surface area contributed by atoms with Crippen LogP contribution in [0.15, 0.2) is 0 Å². The molecule has 0 aromatic rings. The van der Waals surface area contributed by atoms with Gasteiger partial charge < -0.3 is 33.2 Å². The van der Waals surface area contributed by atoms with Gasteiger partial charge in [0, 0.05) is 41.0 Å². The van der Waals surface area contributed by atoms with Crippen LogP contribution in [0.4, 0.5) is 4.79 Å². The Morgan fingerprint density at radius 3 is 1.91 bits per heavy atom. The summed E-state index contributed by atoms with van der Waals surface area (Å²) >= 11 is 0. The number of nitrogens with zero attached hydrogens (tertiary/aromatic N) is 1. The Morgan fingerprint density at radius 2 is 1.43 bits per heavy atom. The predicted octanol–water partition coefficient (Wildman–Crippen LogP) is 0.537. The van der Waals surface area contributed by atoms with E-state index in [1.54, 1.807) is 13.8 Å². The summed E-state index contributed by atoms with van der Waals surface area (Å²) in [4.78, 5) is 103. The summed E-state index contributed by atoms with van der Waals surface area (Å²) in [5, 5.41) is 2.27. The molecule has 262 valence electrons. The third-order valence-electron chi connectivity index (χ3n) is 9.28. The number of imide groups is 1. The molecule has 3 aliphatic rings. The van der Waals surface area contributed by atoms with Crippen molar-refractivity contribution in [2.24, 2.45) is 16.7 Å². The minimum absolute atomic E-state index is 0.587. The number of ether oxygens (including phenoxy) is 7. The van der Waals surface area contributed by atoms with Crippen molar-refractivity contribution in [3.63, 3.8) is 0 Å². The van der Waals surface area contributed by atoms with Gasteiger partial charge in [0.2, 0.25) is 11.6 Å². The average molecular weight is 671 g/mol. The summed E-state index contributed by atoms with van der Waals surface area (Å²) < 4.78 is 38.6. The van der Waals surface area contributed by atoms with E-state index in [0.717, 1.165) is 46.6 Å². The van der Waals surface area contributed by atoms with Gasteiger partial charge >= 0.3 is 41.8 Å². The van der Waals surface area contributed by atoms with E-state index in [-0.39, 0.29) is 0 Å². The molecular weight excluding hydrogens is 628 g/mol. The van der Waals surface area contributed by atoms with Crippen LogP contribution >= 0.6 is 0 Å². The summed E-state index contributed by atoms with van der Waals surface area (Å²) in [5.41, 5.74) is -4.07. The third-order valence-corrected chi connectivity index (χ3v) is 9.28. The van der Waals surface area contributed by atoms with Crippen LogP contribution in [0.25, 0.3) is 0 Å². The number of methoxy groups -OCH3 is 1. The molecule has 8 atom stereocenters. The minimum Gasteiger partial charge on any atom is -0.465 e. The van der Waals surface area contributed by atoms with Gasteiger partial charge in [0.25, 0.3) is 0 Å². The van der Waals surface area contributed by atoms with Crippen LogP contribution in [0.3, 0.4) is 0 Å². The van der Waals surface area contributed by atoms with Crippen molar-refractivity contribution in [3.05, 3.63) is 0 Å². The lowest BCUT2D eigenvalue weighted by molar-refractivity contribution is -0.313. The molecule has 0 aromatic carbocycles. The summed E-state index contributed by atoms with van der Waals surface area (Å²) in [5.74, 6) is -7.12. The van der Waals surface area contributed by atoms with Gasteiger partial charge in [-0.2, -0.15) is 0 Å². The van der Waals surface area contributed by atoms with E-state index in [0.29, 0.717) is 0 Å². The maximum Gasteiger partial charge on any atom is 0.360 e. The quantitative estimate of drug-likeness (QED) is 0.248. The molecule has 1 N–H and O–H groups in total. The van der Waals surface area contributed by atoms with Gasteiger partial charge in [-0.25, -0.2) is 9.59 Å². The number of amides is 3. The number of carbonyl (C=O) groups excluding carboxylic acids is 8. The lowest BCUT2D eigenvalue weighted by Crippen LogP contribution is -2.84. The number of urea groups is 1. The van der Waals surface area contributed by atoms with Crippen LogP contribution in [0.1, 0.15) is 68.7 Å². The Bertz CT molecular complexity index is 1340. The van der Waals surface area contributed by atoms with Crippen LogP contribution in [0, 0.1) is 16.7 Å². The Labute approximate surface area is 271 Å². The third kappa shape index (κ3) is 6.89. The number of fused-ring (bicyclic) bond motifs is 1. The van der Waals surface area contributed by atoms with Gasteiger partial charge in [0.15, 0.2) is 18.3 Å². The molecule has 0 unspecified atom stereocenters. The first-order chi connectivity index (χ1) is 21.6. The van der Waals surface area contributed by atoms with E-state index in [1.807, 2.05) is 13.8 Å². The van der Waals surface area contributed by atoms with Crippen molar-refractivity contribution < 1.29 is 71.5 Å². The fourth-order valence-corrected chi connectivity index (χ4v) is 6.75. The van der Waals surface area contributed by atoms with Gasteiger partial charge in [0.05, 0.1) is 19.1 Å². The van der Waals surface area contributed by atoms with Gasteiger partial charge in [-0.1, -0.05) is 27.7 Å². The molecule has 3 amide bonds. The maximum absolute atomic E-state index is 14.0. The first-order valence-electron chi connectivity index (χ1n) is 14.8. The second-order valence-electron chi connectivity index (χ2n) is 12.8. The molecule has 17 nitrogen and oxygen atoms in total. The van der Waals surface area contributed by atoms with E-state index in [4.69, 9.17) is 33.2 Å². The summed E-state index contributed by atoms with van der Waals surface area (Å²) in [6.07, 6.45) is -9.25. The fourth-order valence-electron chi connectivity index (χ4n) is 6.75. The smallest absolute Gasteiger partial charge is 0.360 e. The van der Waals surface area contributed by atoms with Crippen molar-refractivity contribution in [2.75, 3.05) is 13.7 Å². The highest BCUT2D eigenvalue weighted by Gasteiger charge is 2.75. The monoisotopic (exact) mass is 670 g/mol. The summed E-state index contributed by atoms with van der Waals surface area (Å²) in [6.45, 7) is 11.7. The molecule has 0 spiro atoms. The highest BCUT2D eigenvalue weighted by Crippen LogP contribution is 2.64. The average Bonchev–Trinajstić information content (AvgIpc) is 2.93. The van der Waals surface area contributed by atoms with Gasteiger partial charge in [-0.15, -0.1) is 0 Å². The fraction of sp³-hybridized carbons (Fsp3) is 0.733. The minimum atomic E-state index is -2.53. The molecular formula is C30H42N2O15. The molecule has 2 aliphatic heterocycles. The van der Waals surface area contributed by atoms with E-state index < -0.39 is 120 Å². The van der Waals surface area contributed by atoms with Gasteiger partial charge in [-0.3, -0.25) is 39.0 Å². The summed E-state index contributed by atoms with van der Waals surface area (Å²) in [7, 11) is 1.01. The Balaban J connectivity index is 2.35. The predicted molar refractivity (Wildman–Crippen MR) is 153 cm³/mol. The normalized spacial score (nSPS) is 30.2. The maximum atomic E-state index is 14.0. The number of rotatable bonds is 10. The SMILES string of the molecule is COC(=O)[C@@]1(N2C(=O)NC(=O)[C@H]3[C@@H]2C(C)(C)C3(C)C)C[C@H](OC(C)=O)[C@@H](OC(C)=O)[C@H]([C@@H](OC(C)=O)[C@@H](COC(C)=O)OC(C)=O)O1. The van der Waals surface area contributed by atoms with Crippen molar-refractivity contribution in [3.8, 4) is 0 Å². The standard InChI is InChI=1S/C30H42N2O15/c1-13(33)42-12-19(44-15(3)35)22(46-17(5)37)23-21(45-16(4)36)18(43-14(2)34)11-30(47-23,26(39)41-10)32-24-20(25(38)31-27(32)40)28(6,7)29(24,8)9/h18-24H,11-12H2,1-10H3,(H,31,38,40)/t18-,19+,20+,21+,22-,23+,24+,30+/m0/s1. The first kappa shape index (κ1) is 37.2. The Morgan fingerprint density at radius 1 is 0.851 bits per heavy atom. The molecule has 0 aromatic heterocycles. The molecule has 17 heteroatoms. The van der Waals surface area contributed by atoms with E-state index in [2.05, 4.69) is 5.32 Å². The second-order valence-corrected chi connectivity index (χ2v) is 12.8. The molecule has 47 heavy (non-hydrogen) atoms. The van der Waals surface area contributed by atoms with Crippen molar-refractivity contribution in [1.29, 1.82) is 0 Å². The largest absolute Gasteiger partial charge is 0.465 e. The molecule has 0 radical (unpaired) electrons. The van der Waals surface area contributed by atoms with Crippen LogP contribution < -0.4 is 5.32 Å². The zero-order chi connectivity index (χ0) is 35.8. The summed E-state index contributed by atoms with van der Waals surface area (Å²) in [6, 6.07) is -2.03. The van der Waals surface area contributed by atoms with Crippen LogP contribution in [-0.2, 0) is 66.7 Å². The van der Waals surface area contributed by atoms with Gasteiger partial charge in [0.1, 0.15) is 18.8 Å². The number of esters is 6. The van der Waals surface area contributed by atoms with Crippen LogP contribution in [-0.4, -0.2) is 109 Å². The van der Waals surface area contributed by atoms with Crippen molar-refractivity contribution in [1.82, 2.24) is 10.2 Å². The molecule has 2 saturated heterocycles. The van der Waals surface area contributed by atoms with Gasteiger partial charge in [-0.05, 0) is 10.8 Å². The molecule has 3 rings (SSSR count). The topological polar surface area (TPSA) is 216 Å². The zero-order valence-corrected chi connectivity index (χ0v) is 28.0. The van der Waals surface area contributed by atoms with E-state index in [1.165, 1.54) is 0 Å². The highest BCUT2D eigenvalue weighted by molar-refractivity contribution is 6.02. The zero-order valence-electron chi connectivity index (χ0n) is 28.0. The van der Waals surface area contributed by atoms with E-state index >= 15 is 0 Å². The number of hydrogen-bond donors (Lipinski definition) is 1. The molecule has 1 aliphatic carbocycles. The number of nitrogens with one attached hydrogen (secondary N) is 1. The van der Waals surface area contributed by atoms with Crippen LogP contribution in [0.2, 0.25) is 0 Å². The van der Waals surface area contributed by atoms with Crippen molar-refractivity contribution >= 4 is 47.8 Å². The van der Waals surface area contributed by atoms with Crippen LogP contribution in [0.5, 0.6) is 0 Å². The molecule has 0 bridgehead atoms. The number of carbonyl (C=O) groups is 8. The lowest BCUT2D eigenvalue weighted by atomic mass is 9.42. The first-order valence-corrected chi connectivity index (χ1v) is 14.8. The van der Waals surface area contributed by atoms with Crippen molar-refractivity contribution in [2.45, 2.75) is 111 Å². The lowest BCUT2D eigenvalue weighted by Gasteiger charge is -2.70. The molecule has 1 saturated carbocycles. The highest BCUT2D eigenvalue weighted by atomic mass is 16.7. The molecule has 2 heterocycles. The van der Waals surface area contributed by atoms with E-state index in [9.17, 15) is 38.4 Å². The second kappa shape index (κ2) is 13.4.